The molecule has 5 heteroatoms. The number of hydrogen-bond acceptors (Lipinski definition) is 3. The van der Waals surface area contributed by atoms with Crippen molar-refractivity contribution in [2.75, 3.05) is 5.75 Å². The van der Waals surface area contributed by atoms with Crippen molar-refractivity contribution < 1.29 is 14.7 Å². The third kappa shape index (κ3) is 7.26. The van der Waals surface area contributed by atoms with Gasteiger partial charge in [-0.2, -0.15) is 0 Å². The van der Waals surface area contributed by atoms with Crippen molar-refractivity contribution >= 4 is 23.6 Å². The van der Waals surface area contributed by atoms with Crippen molar-refractivity contribution in [1.29, 1.82) is 0 Å². The Kier molecular flexibility index (Phi) is 8.94. The number of carbonyl (C=O) groups excluding carboxylic acids is 1. The van der Waals surface area contributed by atoms with Gasteiger partial charge in [-0.1, -0.05) is 26.7 Å². The highest BCUT2D eigenvalue weighted by atomic mass is 32.2. The van der Waals surface area contributed by atoms with Gasteiger partial charge in [0.2, 0.25) is 5.91 Å². The van der Waals surface area contributed by atoms with Gasteiger partial charge in [0.15, 0.2) is 0 Å². The van der Waals surface area contributed by atoms with E-state index in [2.05, 4.69) is 12.2 Å². The molecule has 2 unspecified atom stereocenters. The summed E-state index contributed by atoms with van der Waals surface area (Å²) in [6.07, 6.45) is 3.41. The number of thioether (sulfide) groups is 1. The first-order chi connectivity index (χ1) is 8.02. The molecule has 0 fully saturated rings. The lowest BCUT2D eigenvalue weighted by atomic mass is 10.1. The number of carbonyl (C=O) groups is 2. The van der Waals surface area contributed by atoms with E-state index in [4.69, 9.17) is 5.11 Å². The average Bonchev–Trinajstić information content (AvgIpc) is 2.28. The second-order valence-electron chi connectivity index (χ2n) is 4.05. The van der Waals surface area contributed by atoms with Crippen LogP contribution in [0.25, 0.3) is 0 Å². The molecule has 0 aromatic heterocycles. The number of carboxylic acid groups (broad SMARTS) is 1. The summed E-state index contributed by atoms with van der Waals surface area (Å²) >= 11 is 1.58. The number of unbranched alkanes of at least 4 members (excludes halogenated alkanes) is 1. The maximum absolute atomic E-state index is 11.7. The van der Waals surface area contributed by atoms with Gasteiger partial charge in [0.25, 0.3) is 0 Å². The first-order valence-corrected chi connectivity index (χ1v) is 7.22. The lowest BCUT2D eigenvalue weighted by Gasteiger charge is -2.17. The molecule has 0 saturated heterocycles. The highest BCUT2D eigenvalue weighted by Gasteiger charge is 2.21. The van der Waals surface area contributed by atoms with Crippen LogP contribution in [0.2, 0.25) is 0 Å². The Morgan fingerprint density at radius 2 is 1.94 bits per heavy atom. The second kappa shape index (κ2) is 9.33. The fourth-order valence-corrected chi connectivity index (χ4v) is 2.34. The molecule has 0 radical (unpaired) electrons. The topological polar surface area (TPSA) is 66.4 Å². The molecule has 0 aromatic rings. The second-order valence-corrected chi connectivity index (χ2v) is 5.50. The summed E-state index contributed by atoms with van der Waals surface area (Å²) in [5.41, 5.74) is 0. The summed E-state index contributed by atoms with van der Waals surface area (Å²) in [5, 5.41) is 11.3. The lowest BCUT2D eigenvalue weighted by Crippen LogP contribution is -2.43. The van der Waals surface area contributed by atoms with Gasteiger partial charge < -0.3 is 10.4 Å². The zero-order valence-electron chi connectivity index (χ0n) is 10.9. The van der Waals surface area contributed by atoms with Gasteiger partial charge in [-0.3, -0.25) is 4.79 Å². The maximum atomic E-state index is 11.7. The Hall–Kier alpha value is -0.710. The predicted molar refractivity (Wildman–Crippen MR) is 71.3 cm³/mol. The molecular formula is C12H23NO3S. The van der Waals surface area contributed by atoms with Crippen molar-refractivity contribution in [2.45, 2.75) is 57.7 Å². The smallest absolute Gasteiger partial charge is 0.326 e. The molecule has 0 rings (SSSR count). The monoisotopic (exact) mass is 261 g/mol. The van der Waals surface area contributed by atoms with E-state index in [1.165, 1.54) is 0 Å². The van der Waals surface area contributed by atoms with E-state index in [1.54, 1.807) is 11.8 Å². The minimum atomic E-state index is -0.953. The molecule has 1 amide bonds. The molecule has 0 aliphatic heterocycles. The van der Waals surface area contributed by atoms with Gasteiger partial charge >= 0.3 is 5.97 Å². The summed E-state index contributed by atoms with van der Waals surface area (Å²) in [6.45, 7) is 5.83. The minimum Gasteiger partial charge on any atom is -0.480 e. The molecule has 0 bridgehead atoms. The van der Waals surface area contributed by atoms with Crippen LogP contribution >= 0.6 is 11.8 Å². The lowest BCUT2D eigenvalue weighted by molar-refractivity contribution is -0.141. The Balaban J connectivity index is 4.06. The largest absolute Gasteiger partial charge is 0.480 e. The van der Waals surface area contributed by atoms with Crippen LogP contribution in [0.4, 0.5) is 0 Å². The fraction of sp³-hybridized carbons (Fsp3) is 0.833. The zero-order chi connectivity index (χ0) is 13.3. The van der Waals surface area contributed by atoms with Crippen molar-refractivity contribution in [3.63, 3.8) is 0 Å². The van der Waals surface area contributed by atoms with Crippen LogP contribution in [0.5, 0.6) is 0 Å². The average molecular weight is 261 g/mol. The SMILES string of the molecule is CCCCSC(C)C(=O)NC(CCC)C(=O)O. The highest BCUT2D eigenvalue weighted by Crippen LogP contribution is 2.13. The van der Waals surface area contributed by atoms with Crippen molar-refractivity contribution in [1.82, 2.24) is 5.32 Å². The number of nitrogens with one attached hydrogen (secondary N) is 1. The first-order valence-electron chi connectivity index (χ1n) is 6.17. The van der Waals surface area contributed by atoms with Crippen LogP contribution in [0.3, 0.4) is 0 Å². The van der Waals surface area contributed by atoms with Crippen LogP contribution in [-0.2, 0) is 9.59 Å². The molecule has 0 heterocycles. The number of aliphatic carboxylic acids is 1. The van der Waals surface area contributed by atoms with E-state index in [9.17, 15) is 9.59 Å². The molecular weight excluding hydrogens is 238 g/mol. The quantitative estimate of drug-likeness (QED) is 0.625. The number of carboxylic acids is 1. The molecule has 0 saturated carbocycles. The third-order valence-corrected chi connectivity index (χ3v) is 3.67. The van der Waals surface area contributed by atoms with Crippen LogP contribution in [-0.4, -0.2) is 34.0 Å². The van der Waals surface area contributed by atoms with Gasteiger partial charge in [0.05, 0.1) is 5.25 Å². The standard InChI is InChI=1S/C12H23NO3S/c1-4-6-8-17-9(3)11(14)13-10(7-5-2)12(15)16/h9-10H,4-8H2,1-3H3,(H,13,14)(H,15,16). The molecule has 0 spiro atoms. The Bertz CT molecular complexity index is 246. The van der Waals surface area contributed by atoms with Gasteiger partial charge in [-0.25, -0.2) is 4.79 Å². The molecule has 100 valence electrons. The van der Waals surface area contributed by atoms with Crippen LogP contribution in [0, 0.1) is 0 Å². The van der Waals surface area contributed by atoms with Crippen molar-refractivity contribution in [3.05, 3.63) is 0 Å². The van der Waals surface area contributed by atoms with Crippen LogP contribution in [0.1, 0.15) is 46.5 Å². The third-order valence-electron chi connectivity index (χ3n) is 2.43. The van der Waals surface area contributed by atoms with Crippen LogP contribution in [0.15, 0.2) is 0 Å². The Morgan fingerprint density at radius 3 is 2.41 bits per heavy atom. The fourth-order valence-electron chi connectivity index (χ4n) is 1.32. The number of amides is 1. The molecule has 4 nitrogen and oxygen atoms in total. The molecule has 17 heavy (non-hydrogen) atoms. The van der Waals surface area contributed by atoms with E-state index < -0.39 is 12.0 Å². The summed E-state index contributed by atoms with van der Waals surface area (Å²) in [7, 11) is 0. The van der Waals surface area contributed by atoms with Crippen LogP contribution < -0.4 is 5.32 Å². The van der Waals surface area contributed by atoms with Gasteiger partial charge in [-0.05, 0) is 25.5 Å². The molecule has 0 aliphatic rings. The van der Waals surface area contributed by atoms with E-state index in [-0.39, 0.29) is 11.2 Å². The summed E-state index contributed by atoms with van der Waals surface area (Å²) in [4.78, 5) is 22.6. The predicted octanol–water partition coefficient (Wildman–Crippen LogP) is 2.28. The van der Waals surface area contributed by atoms with Gasteiger partial charge in [0, 0.05) is 0 Å². The van der Waals surface area contributed by atoms with E-state index in [0.717, 1.165) is 25.0 Å². The normalized spacial score (nSPS) is 14.1. The Morgan fingerprint density at radius 1 is 1.29 bits per heavy atom. The number of rotatable bonds is 9. The molecule has 2 N–H and O–H groups in total. The Labute approximate surface area is 108 Å². The molecule has 0 aliphatic carbocycles. The highest BCUT2D eigenvalue weighted by molar-refractivity contribution is 8.00. The van der Waals surface area contributed by atoms with Gasteiger partial charge in [-0.15, -0.1) is 11.8 Å². The zero-order valence-corrected chi connectivity index (χ0v) is 11.7. The summed E-state index contributed by atoms with van der Waals surface area (Å²) in [5.74, 6) is -0.186. The number of hydrogen-bond donors (Lipinski definition) is 2. The van der Waals surface area contributed by atoms with Crippen molar-refractivity contribution in [3.8, 4) is 0 Å². The van der Waals surface area contributed by atoms with E-state index in [1.807, 2.05) is 13.8 Å². The van der Waals surface area contributed by atoms with E-state index in [0.29, 0.717) is 6.42 Å². The van der Waals surface area contributed by atoms with Crippen molar-refractivity contribution in [2.24, 2.45) is 0 Å². The summed E-state index contributed by atoms with van der Waals surface area (Å²) in [6, 6.07) is -0.748. The summed E-state index contributed by atoms with van der Waals surface area (Å²) < 4.78 is 0. The first kappa shape index (κ1) is 16.3. The molecule has 0 aromatic carbocycles. The van der Waals surface area contributed by atoms with Gasteiger partial charge in [0.1, 0.15) is 6.04 Å². The minimum absolute atomic E-state index is 0.174. The molecule has 2 atom stereocenters. The maximum Gasteiger partial charge on any atom is 0.326 e. The van der Waals surface area contributed by atoms with E-state index >= 15 is 0 Å².